The van der Waals surface area contributed by atoms with Crippen LogP contribution in [-0.4, -0.2) is 44.3 Å². The summed E-state index contributed by atoms with van der Waals surface area (Å²) in [5, 5.41) is 11.4. The molecule has 1 N–H and O–H groups in total. The first-order valence-corrected chi connectivity index (χ1v) is 6.64. The highest BCUT2D eigenvalue weighted by Crippen LogP contribution is 2.20. The van der Waals surface area contributed by atoms with Crippen LogP contribution >= 0.6 is 0 Å². The molecule has 0 amide bonds. The molecule has 0 saturated carbocycles. The van der Waals surface area contributed by atoms with Crippen LogP contribution in [0, 0.1) is 23.0 Å². The summed E-state index contributed by atoms with van der Waals surface area (Å²) in [6, 6.07) is 3.79. The van der Waals surface area contributed by atoms with Crippen molar-refractivity contribution in [1.29, 1.82) is 5.26 Å². The highest BCUT2D eigenvalue weighted by Gasteiger charge is 2.12. The number of ether oxygens (including phenoxy) is 1. The topological polar surface area (TPSA) is 48.3 Å². The number of benzene rings is 1. The van der Waals surface area contributed by atoms with Gasteiger partial charge in [-0.15, -0.1) is 0 Å². The Labute approximate surface area is 116 Å². The average Bonchev–Trinajstić information content (AvgIpc) is 2.46. The maximum absolute atomic E-state index is 13.6. The number of hydrogen-bond donors (Lipinski definition) is 1. The van der Waals surface area contributed by atoms with Crippen molar-refractivity contribution in [2.75, 3.05) is 44.7 Å². The Morgan fingerprint density at radius 2 is 1.90 bits per heavy atom. The first-order valence-electron chi connectivity index (χ1n) is 6.64. The van der Waals surface area contributed by atoms with Crippen molar-refractivity contribution in [1.82, 2.24) is 4.90 Å². The highest BCUT2D eigenvalue weighted by molar-refractivity contribution is 5.50. The maximum atomic E-state index is 13.6. The van der Waals surface area contributed by atoms with Crippen LogP contribution < -0.4 is 5.32 Å². The number of rotatable bonds is 5. The number of morpholine rings is 1. The monoisotopic (exact) mass is 281 g/mol. The van der Waals surface area contributed by atoms with Crippen molar-refractivity contribution in [2.24, 2.45) is 0 Å². The van der Waals surface area contributed by atoms with Gasteiger partial charge in [-0.3, -0.25) is 4.90 Å². The van der Waals surface area contributed by atoms with Crippen molar-refractivity contribution in [3.8, 4) is 6.07 Å². The first-order chi connectivity index (χ1) is 9.70. The summed E-state index contributed by atoms with van der Waals surface area (Å²) in [6.07, 6.45) is 0.791. The summed E-state index contributed by atoms with van der Waals surface area (Å²) in [5.41, 5.74) is -0.176. The molecule has 0 spiro atoms. The molecular formula is C14H17F2N3O. The van der Waals surface area contributed by atoms with E-state index in [1.807, 2.05) is 0 Å². The zero-order valence-corrected chi connectivity index (χ0v) is 11.2. The predicted octanol–water partition coefficient (Wildman–Crippen LogP) is 1.97. The second-order valence-electron chi connectivity index (χ2n) is 4.66. The van der Waals surface area contributed by atoms with Gasteiger partial charge in [-0.05, 0) is 25.1 Å². The van der Waals surface area contributed by atoms with Crippen LogP contribution in [0.25, 0.3) is 0 Å². The zero-order chi connectivity index (χ0) is 14.4. The molecule has 108 valence electrons. The largest absolute Gasteiger partial charge is 0.380 e. The van der Waals surface area contributed by atoms with Gasteiger partial charge in [0.05, 0.1) is 24.8 Å². The fraction of sp³-hybridized carbons (Fsp3) is 0.500. The summed E-state index contributed by atoms with van der Waals surface area (Å²) < 4.78 is 32.4. The Bertz CT molecular complexity index is 473. The van der Waals surface area contributed by atoms with Crippen molar-refractivity contribution in [2.45, 2.75) is 6.42 Å². The van der Waals surface area contributed by atoms with Crippen LogP contribution in [-0.2, 0) is 4.74 Å². The average molecular weight is 281 g/mol. The van der Waals surface area contributed by atoms with Gasteiger partial charge >= 0.3 is 0 Å². The number of nitrogens with zero attached hydrogens (tertiary/aromatic N) is 2. The van der Waals surface area contributed by atoms with E-state index in [1.165, 1.54) is 0 Å². The van der Waals surface area contributed by atoms with Crippen molar-refractivity contribution >= 4 is 5.69 Å². The fourth-order valence-electron chi connectivity index (χ4n) is 2.15. The van der Waals surface area contributed by atoms with Gasteiger partial charge in [0.15, 0.2) is 11.6 Å². The van der Waals surface area contributed by atoms with E-state index in [9.17, 15) is 8.78 Å². The van der Waals surface area contributed by atoms with Gasteiger partial charge in [0.25, 0.3) is 0 Å². The molecule has 0 atom stereocenters. The lowest BCUT2D eigenvalue weighted by Crippen LogP contribution is -2.37. The molecule has 0 aliphatic carbocycles. The molecule has 1 aliphatic heterocycles. The van der Waals surface area contributed by atoms with E-state index in [4.69, 9.17) is 10.00 Å². The molecule has 0 bridgehead atoms. The molecule has 0 unspecified atom stereocenters. The minimum atomic E-state index is -0.729. The smallest absolute Gasteiger partial charge is 0.150 e. The molecule has 1 aliphatic rings. The van der Waals surface area contributed by atoms with Crippen molar-refractivity contribution in [3.63, 3.8) is 0 Å². The normalized spacial score (nSPS) is 15.8. The minimum Gasteiger partial charge on any atom is -0.380 e. The van der Waals surface area contributed by atoms with Gasteiger partial charge in [-0.2, -0.15) is 5.26 Å². The van der Waals surface area contributed by atoms with Gasteiger partial charge in [0.2, 0.25) is 0 Å². The number of anilines is 1. The maximum Gasteiger partial charge on any atom is 0.150 e. The minimum absolute atomic E-state index is 0.0149. The third-order valence-corrected chi connectivity index (χ3v) is 3.23. The lowest BCUT2D eigenvalue weighted by Gasteiger charge is -2.26. The summed E-state index contributed by atoms with van der Waals surface area (Å²) in [5.74, 6) is -1.46. The Balaban J connectivity index is 1.80. The van der Waals surface area contributed by atoms with Crippen molar-refractivity contribution < 1.29 is 13.5 Å². The molecule has 1 aromatic carbocycles. The quantitative estimate of drug-likeness (QED) is 0.838. The summed E-state index contributed by atoms with van der Waals surface area (Å²) in [7, 11) is 0. The van der Waals surface area contributed by atoms with E-state index in [0.717, 1.165) is 51.4 Å². The number of halogens is 2. The van der Waals surface area contributed by atoms with E-state index in [0.29, 0.717) is 6.54 Å². The van der Waals surface area contributed by atoms with Crippen LogP contribution in [0.4, 0.5) is 14.5 Å². The molecule has 6 heteroatoms. The van der Waals surface area contributed by atoms with Gasteiger partial charge in [-0.25, -0.2) is 8.78 Å². The summed E-state index contributed by atoms with van der Waals surface area (Å²) in [4.78, 5) is 2.26. The molecule has 1 heterocycles. The van der Waals surface area contributed by atoms with Gasteiger partial charge in [0, 0.05) is 19.6 Å². The van der Waals surface area contributed by atoms with Crippen LogP contribution in [0.15, 0.2) is 12.1 Å². The molecular weight excluding hydrogens is 264 g/mol. The van der Waals surface area contributed by atoms with E-state index in [2.05, 4.69) is 10.2 Å². The van der Waals surface area contributed by atoms with E-state index in [-0.39, 0.29) is 11.3 Å². The Morgan fingerprint density at radius 1 is 1.25 bits per heavy atom. The van der Waals surface area contributed by atoms with Gasteiger partial charge in [-0.1, -0.05) is 0 Å². The fourth-order valence-corrected chi connectivity index (χ4v) is 2.15. The first kappa shape index (κ1) is 14.7. The Morgan fingerprint density at radius 3 is 2.50 bits per heavy atom. The standard InChI is InChI=1S/C14H17F2N3O/c15-12-8-11(10-17)9-13(16)14(12)18-2-1-3-19-4-6-20-7-5-19/h8-9,18H,1-7H2. The van der Waals surface area contributed by atoms with Crippen LogP contribution in [0.2, 0.25) is 0 Å². The van der Waals surface area contributed by atoms with Crippen LogP contribution in [0.1, 0.15) is 12.0 Å². The lowest BCUT2D eigenvalue weighted by molar-refractivity contribution is 0.0378. The predicted molar refractivity (Wildman–Crippen MR) is 71.4 cm³/mol. The Hall–Kier alpha value is -1.71. The zero-order valence-electron chi connectivity index (χ0n) is 11.2. The second kappa shape index (κ2) is 7.17. The second-order valence-corrected chi connectivity index (χ2v) is 4.66. The van der Waals surface area contributed by atoms with E-state index < -0.39 is 11.6 Å². The molecule has 1 saturated heterocycles. The number of nitriles is 1. The summed E-state index contributed by atoms with van der Waals surface area (Å²) >= 11 is 0. The van der Waals surface area contributed by atoms with Crippen LogP contribution in [0.5, 0.6) is 0 Å². The molecule has 4 nitrogen and oxygen atoms in total. The van der Waals surface area contributed by atoms with Gasteiger partial charge < -0.3 is 10.1 Å². The van der Waals surface area contributed by atoms with Crippen LogP contribution in [0.3, 0.4) is 0 Å². The third kappa shape index (κ3) is 3.89. The van der Waals surface area contributed by atoms with E-state index >= 15 is 0 Å². The number of nitrogens with one attached hydrogen (secondary N) is 1. The molecule has 1 fully saturated rings. The SMILES string of the molecule is N#Cc1cc(F)c(NCCCN2CCOCC2)c(F)c1. The highest BCUT2D eigenvalue weighted by atomic mass is 19.1. The molecule has 20 heavy (non-hydrogen) atoms. The Kier molecular flexibility index (Phi) is 5.27. The van der Waals surface area contributed by atoms with Crippen molar-refractivity contribution in [3.05, 3.63) is 29.3 Å². The molecule has 2 rings (SSSR count). The molecule has 0 aromatic heterocycles. The lowest BCUT2D eigenvalue weighted by atomic mass is 10.2. The van der Waals surface area contributed by atoms with E-state index in [1.54, 1.807) is 6.07 Å². The molecule has 1 aromatic rings. The third-order valence-electron chi connectivity index (χ3n) is 3.23. The van der Waals surface area contributed by atoms with Gasteiger partial charge in [0.1, 0.15) is 5.69 Å². The molecule has 0 radical (unpaired) electrons. The number of hydrogen-bond acceptors (Lipinski definition) is 4. The summed E-state index contributed by atoms with van der Waals surface area (Å²) in [6.45, 7) is 4.64.